The Morgan fingerprint density at radius 1 is 1.16 bits per heavy atom. The van der Waals surface area contributed by atoms with Crippen molar-refractivity contribution in [2.24, 2.45) is 0 Å². The summed E-state index contributed by atoms with van der Waals surface area (Å²) in [4.78, 5) is 24.2. The number of aromatic nitrogens is 1. The van der Waals surface area contributed by atoms with Crippen LogP contribution in [0.2, 0.25) is 5.02 Å². The monoisotopic (exact) mass is 361 g/mol. The van der Waals surface area contributed by atoms with Gasteiger partial charge in [-0.15, -0.1) is 0 Å². The number of aliphatic carboxylic acids is 1. The van der Waals surface area contributed by atoms with Crippen LogP contribution in [0, 0.1) is 0 Å². The molecular weight excluding hydrogens is 346 g/mol. The standard InChI is InChI=1S/C18H16ClNO5/c1-24-8-9-25-18-13(19)7-6-12-16(18)20(10-15(21)22)14-5-3-2-4-11(14)17(12)23/h2-7H,8-10H2,1H3,(H,21,22). The van der Waals surface area contributed by atoms with Crippen molar-refractivity contribution in [3.05, 3.63) is 51.6 Å². The van der Waals surface area contributed by atoms with E-state index >= 15 is 0 Å². The van der Waals surface area contributed by atoms with Crippen molar-refractivity contribution in [3.8, 4) is 5.75 Å². The Morgan fingerprint density at radius 3 is 2.64 bits per heavy atom. The summed E-state index contributed by atoms with van der Waals surface area (Å²) >= 11 is 6.27. The van der Waals surface area contributed by atoms with E-state index in [1.165, 1.54) is 0 Å². The van der Waals surface area contributed by atoms with Crippen LogP contribution in [-0.4, -0.2) is 36.0 Å². The van der Waals surface area contributed by atoms with Crippen LogP contribution < -0.4 is 10.2 Å². The van der Waals surface area contributed by atoms with Gasteiger partial charge < -0.3 is 19.1 Å². The van der Waals surface area contributed by atoms with Gasteiger partial charge in [0.05, 0.1) is 28.0 Å². The molecule has 0 aliphatic rings. The van der Waals surface area contributed by atoms with Crippen LogP contribution in [0.1, 0.15) is 0 Å². The second-order valence-corrected chi connectivity index (χ2v) is 5.85. The summed E-state index contributed by atoms with van der Waals surface area (Å²) < 4.78 is 12.2. The molecule has 0 amide bonds. The molecule has 0 saturated carbocycles. The fourth-order valence-corrected chi connectivity index (χ4v) is 3.04. The molecule has 1 aromatic heterocycles. The van der Waals surface area contributed by atoms with Gasteiger partial charge in [-0.05, 0) is 24.3 Å². The summed E-state index contributed by atoms with van der Waals surface area (Å²) in [5.41, 5.74) is 0.691. The van der Waals surface area contributed by atoms with Crippen molar-refractivity contribution in [2.45, 2.75) is 6.54 Å². The third-order valence-corrected chi connectivity index (χ3v) is 4.16. The zero-order chi connectivity index (χ0) is 18.0. The Labute approximate surface area is 148 Å². The maximum atomic E-state index is 12.8. The Balaban J connectivity index is 2.41. The first-order valence-electron chi connectivity index (χ1n) is 7.62. The molecule has 1 heterocycles. The number of carboxylic acid groups (broad SMARTS) is 1. The number of halogens is 1. The van der Waals surface area contributed by atoms with E-state index in [0.717, 1.165) is 0 Å². The Kier molecular flexibility index (Phi) is 4.92. The van der Waals surface area contributed by atoms with E-state index in [0.29, 0.717) is 33.4 Å². The molecule has 25 heavy (non-hydrogen) atoms. The molecule has 0 aliphatic heterocycles. The number of methoxy groups -OCH3 is 1. The lowest BCUT2D eigenvalue weighted by atomic mass is 10.1. The minimum atomic E-state index is -1.03. The van der Waals surface area contributed by atoms with Crippen LogP contribution in [0.15, 0.2) is 41.2 Å². The molecule has 1 N–H and O–H groups in total. The number of hydrogen-bond acceptors (Lipinski definition) is 4. The average molecular weight is 362 g/mol. The van der Waals surface area contributed by atoms with Crippen molar-refractivity contribution in [3.63, 3.8) is 0 Å². The number of hydrogen-bond donors (Lipinski definition) is 1. The number of benzene rings is 2. The highest BCUT2D eigenvalue weighted by atomic mass is 35.5. The SMILES string of the molecule is COCCOc1c(Cl)ccc2c(=O)c3ccccc3n(CC(=O)O)c12. The molecule has 130 valence electrons. The summed E-state index contributed by atoms with van der Waals surface area (Å²) in [5.74, 6) is -0.752. The average Bonchev–Trinajstić information content (AvgIpc) is 2.60. The molecule has 0 aliphatic carbocycles. The smallest absolute Gasteiger partial charge is 0.323 e. The Hall–Kier alpha value is -2.57. The summed E-state index contributed by atoms with van der Waals surface area (Å²) in [6.45, 7) is 0.241. The number of ether oxygens (including phenoxy) is 2. The van der Waals surface area contributed by atoms with Crippen molar-refractivity contribution >= 4 is 39.4 Å². The summed E-state index contributed by atoms with van der Waals surface area (Å²) in [7, 11) is 1.54. The zero-order valence-electron chi connectivity index (χ0n) is 13.5. The normalized spacial score (nSPS) is 11.1. The fraction of sp³-hybridized carbons (Fsp3) is 0.222. The fourth-order valence-electron chi connectivity index (χ4n) is 2.83. The van der Waals surface area contributed by atoms with Crippen LogP contribution in [-0.2, 0) is 16.1 Å². The molecule has 7 heteroatoms. The summed E-state index contributed by atoms with van der Waals surface area (Å²) in [6, 6.07) is 10.0. The van der Waals surface area contributed by atoms with E-state index in [9.17, 15) is 14.7 Å². The molecule has 0 spiro atoms. The van der Waals surface area contributed by atoms with Crippen molar-refractivity contribution < 1.29 is 19.4 Å². The number of para-hydroxylation sites is 1. The number of carboxylic acids is 1. The molecule has 0 atom stereocenters. The minimum absolute atomic E-state index is 0.194. The largest absolute Gasteiger partial charge is 0.487 e. The van der Waals surface area contributed by atoms with Crippen LogP contribution >= 0.6 is 11.6 Å². The second kappa shape index (κ2) is 7.13. The minimum Gasteiger partial charge on any atom is -0.487 e. The highest BCUT2D eigenvalue weighted by Crippen LogP contribution is 2.34. The van der Waals surface area contributed by atoms with Crippen molar-refractivity contribution in [1.82, 2.24) is 4.57 Å². The van der Waals surface area contributed by atoms with Gasteiger partial charge in [-0.1, -0.05) is 23.7 Å². The third-order valence-electron chi connectivity index (χ3n) is 3.86. The molecule has 0 unspecified atom stereocenters. The van der Waals surface area contributed by atoms with E-state index in [2.05, 4.69) is 0 Å². The molecule has 6 nitrogen and oxygen atoms in total. The van der Waals surface area contributed by atoms with E-state index < -0.39 is 5.97 Å². The van der Waals surface area contributed by atoms with E-state index in [1.807, 2.05) is 0 Å². The first-order valence-corrected chi connectivity index (χ1v) is 7.99. The number of nitrogens with zero attached hydrogens (tertiary/aromatic N) is 1. The molecule has 0 bridgehead atoms. The van der Waals surface area contributed by atoms with Gasteiger partial charge in [-0.25, -0.2) is 0 Å². The van der Waals surface area contributed by atoms with Crippen molar-refractivity contribution in [2.75, 3.05) is 20.3 Å². The number of pyridine rings is 1. The predicted molar refractivity (Wildman–Crippen MR) is 95.7 cm³/mol. The van der Waals surface area contributed by atoms with Gasteiger partial charge >= 0.3 is 5.97 Å². The van der Waals surface area contributed by atoms with Crippen molar-refractivity contribution in [1.29, 1.82) is 0 Å². The molecule has 0 saturated heterocycles. The summed E-state index contributed by atoms with van der Waals surface area (Å²) in [5, 5.41) is 10.4. The number of carbonyl (C=O) groups is 1. The van der Waals surface area contributed by atoms with Crippen LogP contribution in [0.4, 0.5) is 0 Å². The highest BCUT2D eigenvalue weighted by molar-refractivity contribution is 6.33. The van der Waals surface area contributed by atoms with E-state index in [-0.39, 0.29) is 24.3 Å². The van der Waals surface area contributed by atoms with Gasteiger partial charge in [0, 0.05) is 12.5 Å². The lowest BCUT2D eigenvalue weighted by Gasteiger charge is -2.17. The maximum Gasteiger partial charge on any atom is 0.323 e. The van der Waals surface area contributed by atoms with Gasteiger partial charge in [0.25, 0.3) is 0 Å². The van der Waals surface area contributed by atoms with Gasteiger partial charge in [-0.3, -0.25) is 9.59 Å². The van der Waals surface area contributed by atoms with Gasteiger partial charge in [-0.2, -0.15) is 0 Å². The Bertz CT molecular complexity index is 1010. The quantitative estimate of drug-likeness (QED) is 0.539. The number of rotatable bonds is 6. The molecule has 0 radical (unpaired) electrons. The van der Waals surface area contributed by atoms with Crippen LogP contribution in [0.25, 0.3) is 21.8 Å². The predicted octanol–water partition coefficient (Wildman–Crippen LogP) is 2.92. The number of fused-ring (bicyclic) bond motifs is 2. The molecule has 3 rings (SSSR count). The lowest BCUT2D eigenvalue weighted by molar-refractivity contribution is -0.137. The molecule has 2 aromatic carbocycles. The van der Waals surface area contributed by atoms with Crippen LogP contribution in [0.5, 0.6) is 5.75 Å². The molecule has 3 aromatic rings. The topological polar surface area (TPSA) is 77.8 Å². The lowest BCUT2D eigenvalue weighted by Crippen LogP contribution is -2.17. The molecule has 0 fully saturated rings. The highest BCUT2D eigenvalue weighted by Gasteiger charge is 2.18. The van der Waals surface area contributed by atoms with Crippen LogP contribution in [0.3, 0.4) is 0 Å². The Morgan fingerprint density at radius 2 is 1.92 bits per heavy atom. The van der Waals surface area contributed by atoms with Gasteiger partial charge in [0.1, 0.15) is 13.2 Å². The third kappa shape index (κ3) is 3.18. The van der Waals surface area contributed by atoms with Gasteiger partial charge in [0.15, 0.2) is 11.2 Å². The zero-order valence-corrected chi connectivity index (χ0v) is 14.2. The molecular formula is C18H16ClNO5. The first kappa shape index (κ1) is 17.3. The summed E-state index contributed by atoms with van der Waals surface area (Å²) in [6.07, 6.45) is 0. The van der Waals surface area contributed by atoms with Gasteiger partial charge in [0.2, 0.25) is 0 Å². The van der Waals surface area contributed by atoms with E-state index in [4.69, 9.17) is 21.1 Å². The first-order chi connectivity index (χ1) is 12.0. The maximum absolute atomic E-state index is 12.8. The second-order valence-electron chi connectivity index (χ2n) is 5.44. The van der Waals surface area contributed by atoms with E-state index in [1.54, 1.807) is 48.1 Å².